The van der Waals surface area contributed by atoms with E-state index in [2.05, 4.69) is 34.1 Å². The molecule has 6 heteroatoms. The van der Waals surface area contributed by atoms with Crippen LogP contribution in [0, 0.1) is 5.92 Å². The van der Waals surface area contributed by atoms with E-state index in [9.17, 15) is 4.79 Å². The summed E-state index contributed by atoms with van der Waals surface area (Å²) in [4.78, 5) is 22.6. The molecule has 106 valence electrons. The molecule has 0 radical (unpaired) electrons. The largest absolute Gasteiger partial charge is 0.477 e. The highest BCUT2D eigenvalue weighted by Crippen LogP contribution is 2.26. The predicted molar refractivity (Wildman–Crippen MR) is 77.3 cm³/mol. The second-order valence-electron chi connectivity index (χ2n) is 4.80. The lowest BCUT2D eigenvalue weighted by Gasteiger charge is -2.08. The molecule has 6 nitrogen and oxygen atoms in total. The number of likely N-dealkylation sites (N-methyl/N-ethyl adjacent to an activating group) is 1. The van der Waals surface area contributed by atoms with Gasteiger partial charge in [0.2, 0.25) is 11.8 Å². The van der Waals surface area contributed by atoms with Gasteiger partial charge in [0.1, 0.15) is 12.0 Å². The van der Waals surface area contributed by atoms with Crippen LogP contribution in [0.3, 0.4) is 0 Å². The van der Waals surface area contributed by atoms with Crippen LogP contribution in [0.15, 0.2) is 18.6 Å². The van der Waals surface area contributed by atoms with E-state index in [0.717, 1.165) is 10.9 Å². The van der Waals surface area contributed by atoms with Crippen LogP contribution in [0.25, 0.3) is 17.1 Å². The van der Waals surface area contributed by atoms with E-state index in [1.807, 2.05) is 0 Å². The minimum Gasteiger partial charge on any atom is -0.477 e. The summed E-state index contributed by atoms with van der Waals surface area (Å²) in [5.74, 6) is 0.770. The van der Waals surface area contributed by atoms with Gasteiger partial charge in [-0.15, -0.1) is 0 Å². The van der Waals surface area contributed by atoms with Gasteiger partial charge in [0.25, 0.3) is 0 Å². The van der Waals surface area contributed by atoms with E-state index in [1.54, 1.807) is 19.3 Å². The van der Waals surface area contributed by atoms with Crippen molar-refractivity contribution >= 4 is 23.0 Å². The molecule has 0 aromatic carbocycles. The Morgan fingerprint density at radius 2 is 2.30 bits per heavy atom. The first kappa shape index (κ1) is 14.0. The summed E-state index contributed by atoms with van der Waals surface area (Å²) in [5, 5.41) is 3.32. The lowest BCUT2D eigenvalue weighted by atomic mass is 10.2. The number of aromatic amines is 1. The molecule has 0 bridgehead atoms. The van der Waals surface area contributed by atoms with E-state index >= 15 is 0 Å². The fourth-order valence-electron chi connectivity index (χ4n) is 1.69. The molecule has 2 heterocycles. The standard InChI is InChI=1S/C14H18N4O2/c1-9(2)7-20-14-12-10(4-5-11(19)15-3)6-16-13(12)17-8-18-14/h4-6,8-9H,7H2,1-3H3,(H,15,19)(H,16,17,18). The summed E-state index contributed by atoms with van der Waals surface area (Å²) >= 11 is 0. The summed E-state index contributed by atoms with van der Waals surface area (Å²) in [5.41, 5.74) is 1.51. The molecule has 0 fully saturated rings. The van der Waals surface area contributed by atoms with Gasteiger partial charge in [0.05, 0.1) is 12.0 Å². The van der Waals surface area contributed by atoms with Crippen LogP contribution in [-0.2, 0) is 4.79 Å². The van der Waals surface area contributed by atoms with Gasteiger partial charge in [-0.3, -0.25) is 4.79 Å². The number of amides is 1. The summed E-state index contributed by atoms with van der Waals surface area (Å²) in [7, 11) is 1.59. The monoisotopic (exact) mass is 274 g/mol. The number of nitrogens with zero attached hydrogens (tertiary/aromatic N) is 2. The fraction of sp³-hybridized carbons (Fsp3) is 0.357. The normalized spacial score (nSPS) is 11.4. The van der Waals surface area contributed by atoms with Gasteiger partial charge >= 0.3 is 0 Å². The van der Waals surface area contributed by atoms with E-state index < -0.39 is 0 Å². The van der Waals surface area contributed by atoms with Crippen molar-refractivity contribution in [3.8, 4) is 5.88 Å². The van der Waals surface area contributed by atoms with Crippen molar-refractivity contribution in [3.05, 3.63) is 24.2 Å². The molecule has 0 atom stereocenters. The van der Waals surface area contributed by atoms with Crippen LogP contribution in [0.5, 0.6) is 5.88 Å². The highest BCUT2D eigenvalue weighted by Gasteiger charge is 2.11. The number of hydrogen-bond acceptors (Lipinski definition) is 4. The van der Waals surface area contributed by atoms with Crippen molar-refractivity contribution in [3.63, 3.8) is 0 Å². The molecule has 0 spiro atoms. The zero-order chi connectivity index (χ0) is 14.5. The lowest BCUT2D eigenvalue weighted by molar-refractivity contribution is -0.115. The van der Waals surface area contributed by atoms with Crippen molar-refractivity contribution in [2.24, 2.45) is 5.92 Å². The first-order valence-corrected chi connectivity index (χ1v) is 6.46. The number of ether oxygens (including phenoxy) is 1. The van der Waals surface area contributed by atoms with Crippen molar-refractivity contribution in [1.29, 1.82) is 0 Å². The molecule has 2 aromatic rings. The van der Waals surface area contributed by atoms with Crippen molar-refractivity contribution in [2.75, 3.05) is 13.7 Å². The Hall–Kier alpha value is -2.37. The highest BCUT2D eigenvalue weighted by atomic mass is 16.5. The Bertz CT molecular complexity index is 631. The first-order valence-electron chi connectivity index (χ1n) is 6.46. The molecule has 2 aromatic heterocycles. The van der Waals surface area contributed by atoms with E-state index in [0.29, 0.717) is 24.1 Å². The van der Waals surface area contributed by atoms with Crippen molar-refractivity contribution in [1.82, 2.24) is 20.3 Å². The highest BCUT2D eigenvalue weighted by molar-refractivity contribution is 5.96. The second kappa shape index (κ2) is 6.18. The van der Waals surface area contributed by atoms with Crippen molar-refractivity contribution < 1.29 is 9.53 Å². The Morgan fingerprint density at radius 3 is 3.00 bits per heavy atom. The molecule has 20 heavy (non-hydrogen) atoms. The third kappa shape index (κ3) is 3.14. The van der Waals surface area contributed by atoms with E-state index in [4.69, 9.17) is 4.74 Å². The summed E-state index contributed by atoms with van der Waals surface area (Å²) in [6.45, 7) is 4.72. The Labute approximate surface area is 117 Å². The molecular formula is C14H18N4O2. The van der Waals surface area contributed by atoms with Crippen LogP contribution in [0.1, 0.15) is 19.4 Å². The second-order valence-corrected chi connectivity index (χ2v) is 4.80. The molecule has 0 saturated carbocycles. The molecular weight excluding hydrogens is 256 g/mol. The molecule has 0 aliphatic heterocycles. The number of hydrogen-bond donors (Lipinski definition) is 2. The quantitative estimate of drug-likeness (QED) is 0.814. The zero-order valence-corrected chi connectivity index (χ0v) is 11.8. The minimum atomic E-state index is -0.166. The maximum Gasteiger partial charge on any atom is 0.243 e. The molecule has 0 aliphatic carbocycles. The van der Waals surface area contributed by atoms with Gasteiger partial charge in [-0.2, -0.15) is 0 Å². The van der Waals surface area contributed by atoms with Gasteiger partial charge in [-0.25, -0.2) is 9.97 Å². The minimum absolute atomic E-state index is 0.166. The van der Waals surface area contributed by atoms with E-state index in [-0.39, 0.29) is 5.91 Å². The van der Waals surface area contributed by atoms with Gasteiger partial charge < -0.3 is 15.0 Å². The van der Waals surface area contributed by atoms with Gasteiger partial charge in [-0.05, 0) is 12.0 Å². The van der Waals surface area contributed by atoms with Crippen LogP contribution in [0.2, 0.25) is 0 Å². The molecule has 2 rings (SSSR count). The smallest absolute Gasteiger partial charge is 0.243 e. The topological polar surface area (TPSA) is 79.9 Å². The van der Waals surface area contributed by atoms with Crippen LogP contribution < -0.4 is 10.1 Å². The number of carbonyl (C=O) groups is 1. The SMILES string of the molecule is CNC(=O)C=Cc1c[nH]c2ncnc(OCC(C)C)c12. The third-order valence-corrected chi connectivity index (χ3v) is 2.68. The Balaban J connectivity index is 2.36. The number of H-pyrrole nitrogens is 1. The Morgan fingerprint density at radius 1 is 1.50 bits per heavy atom. The average Bonchev–Trinajstić information content (AvgIpc) is 2.86. The van der Waals surface area contributed by atoms with E-state index in [1.165, 1.54) is 12.4 Å². The summed E-state index contributed by atoms with van der Waals surface area (Å²) in [6.07, 6.45) is 6.41. The van der Waals surface area contributed by atoms with Crippen LogP contribution in [0.4, 0.5) is 0 Å². The molecule has 0 saturated heterocycles. The van der Waals surface area contributed by atoms with Crippen LogP contribution in [-0.4, -0.2) is 34.5 Å². The third-order valence-electron chi connectivity index (χ3n) is 2.68. The molecule has 2 N–H and O–H groups in total. The number of fused-ring (bicyclic) bond motifs is 1. The molecule has 0 aliphatic rings. The predicted octanol–water partition coefficient (Wildman–Crippen LogP) is 1.75. The maximum absolute atomic E-state index is 11.3. The summed E-state index contributed by atoms with van der Waals surface area (Å²) < 4.78 is 5.71. The van der Waals surface area contributed by atoms with Gasteiger partial charge in [0.15, 0.2) is 0 Å². The lowest BCUT2D eigenvalue weighted by Crippen LogP contribution is -2.13. The molecule has 1 amide bonds. The van der Waals surface area contributed by atoms with Gasteiger partial charge in [0, 0.05) is 24.9 Å². The van der Waals surface area contributed by atoms with Gasteiger partial charge in [-0.1, -0.05) is 13.8 Å². The fourth-order valence-corrected chi connectivity index (χ4v) is 1.69. The molecule has 0 unspecified atom stereocenters. The maximum atomic E-state index is 11.3. The average molecular weight is 274 g/mol. The Kier molecular flexibility index (Phi) is 4.34. The van der Waals surface area contributed by atoms with Crippen LogP contribution >= 0.6 is 0 Å². The number of carbonyl (C=O) groups excluding carboxylic acids is 1. The number of nitrogens with one attached hydrogen (secondary N) is 2. The summed E-state index contributed by atoms with van der Waals surface area (Å²) in [6, 6.07) is 0. The number of aromatic nitrogens is 3. The van der Waals surface area contributed by atoms with Crippen molar-refractivity contribution in [2.45, 2.75) is 13.8 Å². The number of rotatable bonds is 5. The first-order chi connectivity index (χ1) is 9.61. The zero-order valence-electron chi connectivity index (χ0n) is 11.8.